The Kier molecular flexibility index (Phi) is 3.72. The Hall–Kier alpha value is -3.91. The first-order chi connectivity index (χ1) is 14.8. The van der Waals surface area contributed by atoms with E-state index in [9.17, 15) is 0 Å². The van der Waals surface area contributed by atoms with Gasteiger partial charge in [0.25, 0.3) is 0 Å². The van der Waals surface area contributed by atoms with Crippen LogP contribution < -0.4 is 0 Å². The molecule has 4 aromatic carbocycles. The van der Waals surface area contributed by atoms with E-state index in [1.165, 1.54) is 32.8 Å². The smallest absolute Gasteiger partial charge is 0.136 e. The molecule has 0 aliphatic heterocycles. The van der Waals surface area contributed by atoms with E-state index >= 15 is 0 Å². The molecule has 0 saturated heterocycles. The maximum Gasteiger partial charge on any atom is 0.136 e. The molecule has 30 heavy (non-hydrogen) atoms. The Balaban J connectivity index is 1.53. The van der Waals surface area contributed by atoms with Crippen molar-refractivity contribution < 1.29 is 4.42 Å². The topological polar surface area (TPSA) is 26.0 Å². The van der Waals surface area contributed by atoms with Gasteiger partial charge in [-0.3, -0.25) is 4.98 Å². The number of hydrogen-bond acceptors (Lipinski definition) is 2. The molecule has 0 N–H and O–H groups in total. The van der Waals surface area contributed by atoms with Crippen LogP contribution in [0.1, 0.15) is 5.56 Å². The number of aryl methyl sites for hydroxylation is 1. The van der Waals surface area contributed by atoms with Gasteiger partial charge < -0.3 is 4.42 Å². The molecule has 2 aromatic heterocycles. The van der Waals surface area contributed by atoms with Gasteiger partial charge in [0.15, 0.2) is 0 Å². The predicted molar refractivity (Wildman–Crippen MR) is 125 cm³/mol. The van der Waals surface area contributed by atoms with E-state index in [1.54, 1.807) is 0 Å². The molecule has 0 radical (unpaired) electrons. The van der Waals surface area contributed by atoms with Gasteiger partial charge in [-0.25, -0.2) is 0 Å². The molecular weight excluding hydrogens is 366 g/mol. The zero-order valence-corrected chi connectivity index (χ0v) is 16.6. The maximum atomic E-state index is 6.07. The Labute approximate surface area is 174 Å². The zero-order valence-electron chi connectivity index (χ0n) is 16.6. The van der Waals surface area contributed by atoms with Gasteiger partial charge in [-0.05, 0) is 58.7 Å². The third kappa shape index (κ3) is 2.61. The van der Waals surface area contributed by atoms with Crippen molar-refractivity contribution in [3.63, 3.8) is 0 Å². The third-order valence-corrected chi connectivity index (χ3v) is 5.81. The van der Waals surface area contributed by atoms with E-state index < -0.39 is 0 Å². The maximum absolute atomic E-state index is 6.07. The normalized spacial score (nSPS) is 11.5. The van der Waals surface area contributed by atoms with Gasteiger partial charge in [0.05, 0.1) is 5.69 Å². The molecule has 6 aromatic rings. The molecule has 0 saturated carbocycles. The third-order valence-electron chi connectivity index (χ3n) is 5.81. The minimum Gasteiger partial charge on any atom is -0.456 e. The Bertz CT molecular complexity index is 1540. The summed E-state index contributed by atoms with van der Waals surface area (Å²) < 4.78 is 6.07. The van der Waals surface area contributed by atoms with Crippen LogP contribution in [0, 0.1) is 6.92 Å². The molecular formula is C28H19NO. The Morgan fingerprint density at radius 3 is 2.30 bits per heavy atom. The second kappa shape index (κ2) is 6.57. The van der Waals surface area contributed by atoms with Crippen LogP contribution in [0.4, 0.5) is 0 Å². The summed E-state index contributed by atoms with van der Waals surface area (Å²) in [4.78, 5) is 4.51. The number of rotatable bonds is 2. The fourth-order valence-electron chi connectivity index (χ4n) is 4.35. The first-order valence-electron chi connectivity index (χ1n) is 10.1. The summed E-state index contributed by atoms with van der Waals surface area (Å²) in [6, 6.07) is 31.8. The summed E-state index contributed by atoms with van der Waals surface area (Å²) in [5.41, 5.74) is 7.64. The highest BCUT2D eigenvalue weighted by Crippen LogP contribution is 2.38. The molecule has 6 rings (SSSR count). The summed E-state index contributed by atoms with van der Waals surface area (Å²) in [7, 11) is 0. The summed E-state index contributed by atoms with van der Waals surface area (Å²) in [6.45, 7) is 2.09. The van der Waals surface area contributed by atoms with E-state index in [0.29, 0.717) is 0 Å². The number of aromatic nitrogens is 1. The Morgan fingerprint density at radius 2 is 1.43 bits per heavy atom. The number of hydrogen-bond donors (Lipinski definition) is 0. The minimum atomic E-state index is 0.931. The fraction of sp³-hybridized carbons (Fsp3) is 0.0357. The molecule has 0 aliphatic rings. The van der Waals surface area contributed by atoms with Crippen molar-refractivity contribution in [3.8, 4) is 22.4 Å². The van der Waals surface area contributed by atoms with E-state index in [4.69, 9.17) is 4.42 Å². The molecule has 2 heteroatoms. The highest BCUT2D eigenvalue weighted by atomic mass is 16.3. The van der Waals surface area contributed by atoms with Gasteiger partial charge in [0.2, 0.25) is 0 Å². The predicted octanol–water partition coefficient (Wildman–Crippen LogP) is 7.78. The van der Waals surface area contributed by atoms with Crippen molar-refractivity contribution in [1.82, 2.24) is 4.98 Å². The number of para-hydroxylation sites is 1. The summed E-state index contributed by atoms with van der Waals surface area (Å²) in [6.07, 6.45) is 1.86. The van der Waals surface area contributed by atoms with E-state index in [0.717, 1.165) is 27.8 Å². The molecule has 0 bridgehead atoms. The molecule has 0 atom stereocenters. The molecule has 0 unspecified atom stereocenters. The average Bonchev–Trinajstić information content (AvgIpc) is 3.18. The molecule has 142 valence electrons. The lowest BCUT2D eigenvalue weighted by molar-refractivity contribution is 0.669. The van der Waals surface area contributed by atoms with Gasteiger partial charge in [-0.15, -0.1) is 0 Å². The van der Waals surface area contributed by atoms with Crippen LogP contribution in [0.3, 0.4) is 0 Å². The molecule has 2 nitrogen and oxygen atoms in total. The highest BCUT2D eigenvalue weighted by Gasteiger charge is 2.12. The van der Waals surface area contributed by atoms with Crippen molar-refractivity contribution in [1.29, 1.82) is 0 Å². The van der Waals surface area contributed by atoms with Crippen molar-refractivity contribution >= 4 is 32.7 Å². The molecule has 2 heterocycles. The standard InChI is InChI=1S/C28H19NO/c1-18-15-16-29-25(17-18)20-11-9-19(10-12-20)21-6-4-7-23-22(21)13-14-27-28(23)24-5-2-3-8-26(24)30-27/h2-17H,1H3. The lowest BCUT2D eigenvalue weighted by Gasteiger charge is -2.09. The summed E-state index contributed by atoms with van der Waals surface area (Å²) >= 11 is 0. The average molecular weight is 385 g/mol. The van der Waals surface area contributed by atoms with Gasteiger partial charge in [0, 0.05) is 22.5 Å². The number of furan rings is 1. The zero-order chi connectivity index (χ0) is 20.1. The van der Waals surface area contributed by atoms with Crippen LogP contribution in [0.2, 0.25) is 0 Å². The van der Waals surface area contributed by atoms with E-state index in [-0.39, 0.29) is 0 Å². The van der Waals surface area contributed by atoms with Crippen molar-refractivity contribution in [2.75, 3.05) is 0 Å². The SMILES string of the molecule is Cc1ccnc(-c2ccc(-c3cccc4c3ccc3oc5ccccc5c34)cc2)c1. The fourth-order valence-corrected chi connectivity index (χ4v) is 4.35. The van der Waals surface area contributed by atoms with E-state index in [2.05, 4.69) is 84.7 Å². The first kappa shape index (κ1) is 17.0. The minimum absolute atomic E-state index is 0.931. The second-order valence-corrected chi connectivity index (χ2v) is 7.73. The molecule has 0 spiro atoms. The van der Waals surface area contributed by atoms with Crippen LogP contribution in [-0.4, -0.2) is 4.98 Å². The van der Waals surface area contributed by atoms with Crippen LogP contribution in [0.15, 0.2) is 102 Å². The van der Waals surface area contributed by atoms with Crippen molar-refractivity contribution in [2.24, 2.45) is 0 Å². The quantitative estimate of drug-likeness (QED) is 0.304. The number of nitrogens with zero attached hydrogens (tertiary/aromatic N) is 1. The molecule has 0 aliphatic carbocycles. The number of fused-ring (bicyclic) bond motifs is 5. The largest absolute Gasteiger partial charge is 0.456 e. The van der Waals surface area contributed by atoms with Crippen LogP contribution in [0.5, 0.6) is 0 Å². The second-order valence-electron chi connectivity index (χ2n) is 7.73. The Morgan fingerprint density at radius 1 is 0.633 bits per heavy atom. The van der Waals surface area contributed by atoms with Crippen LogP contribution in [-0.2, 0) is 0 Å². The van der Waals surface area contributed by atoms with Gasteiger partial charge in [-0.1, -0.05) is 66.7 Å². The van der Waals surface area contributed by atoms with Crippen molar-refractivity contribution in [3.05, 3.63) is 103 Å². The van der Waals surface area contributed by atoms with Crippen LogP contribution in [0.25, 0.3) is 55.1 Å². The summed E-state index contributed by atoms with van der Waals surface area (Å²) in [5, 5.41) is 4.80. The molecule has 0 fully saturated rings. The van der Waals surface area contributed by atoms with E-state index in [1.807, 2.05) is 24.4 Å². The number of benzene rings is 4. The highest BCUT2D eigenvalue weighted by molar-refractivity contribution is 6.20. The van der Waals surface area contributed by atoms with Crippen LogP contribution >= 0.6 is 0 Å². The summed E-state index contributed by atoms with van der Waals surface area (Å²) in [5.74, 6) is 0. The first-order valence-corrected chi connectivity index (χ1v) is 10.1. The monoisotopic (exact) mass is 385 g/mol. The lowest BCUT2D eigenvalue weighted by Crippen LogP contribution is -1.86. The lowest BCUT2D eigenvalue weighted by atomic mass is 9.95. The molecule has 0 amide bonds. The van der Waals surface area contributed by atoms with Gasteiger partial charge >= 0.3 is 0 Å². The van der Waals surface area contributed by atoms with Crippen molar-refractivity contribution in [2.45, 2.75) is 6.92 Å². The van der Waals surface area contributed by atoms with Gasteiger partial charge in [0.1, 0.15) is 11.2 Å². The number of pyridine rings is 1. The van der Waals surface area contributed by atoms with Gasteiger partial charge in [-0.2, -0.15) is 0 Å².